The average molecular weight is 453 g/mol. The van der Waals surface area contributed by atoms with Crippen LogP contribution in [0.4, 0.5) is 13.2 Å². The molecule has 0 aliphatic carbocycles. The van der Waals surface area contributed by atoms with Gasteiger partial charge in [-0.3, -0.25) is 4.98 Å². The highest BCUT2D eigenvalue weighted by Crippen LogP contribution is 2.35. The van der Waals surface area contributed by atoms with Crippen LogP contribution >= 0.6 is 0 Å². The van der Waals surface area contributed by atoms with Gasteiger partial charge in [-0.25, -0.2) is 9.59 Å². The van der Waals surface area contributed by atoms with E-state index in [0.29, 0.717) is 11.6 Å². The van der Waals surface area contributed by atoms with E-state index in [2.05, 4.69) is 4.98 Å². The van der Waals surface area contributed by atoms with Gasteiger partial charge in [-0.15, -0.1) is 0 Å². The standard InChI is InChI=1S/C23H26F3NO5/c1-21(2,3)16-9-8-15(30-13-19(28)32-22(4,5)6)11-17(16)31-20(29)14-7-10-18(27-12-14)23(24,25)26/h7-12H,13H2,1-6H3. The first-order chi connectivity index (χ1) is 14.6. The van der Waals surface area contributed by atoms with Crippen LogP contribution in [0.15, 0.2) is 36.5 Å². The predicted octanol–water partition coefficient (Wildman–Crippen LogP) is 5.34. The van der Waals surface area contributed by atoms with Gasteiger partial charge in [0.2, 0.25) is 0 Å². The summed E-state index contributed by atoms with van der Waals surface area (Å²) in [7, 11) is 0. The number of benzene rings is 1. The van der Waals surface area contributed by atoms with Crippen LogP contribution in [0.1, 0.15) is 63.2 Å². The number of hydrogen-bond acceptors (Lipinski definition) is 6. The maximum atomic E-state index is 12.7. The van der Waals surface area contributed by atoms with E-state index < -0.39 is 34.8 Å². The van der Waals surface area contributed by atoms with Crippen LogP contribution in [0, 0.1) is 0 Å². The highest BCUT2D eigenvalue weighted by molar-refractivity contribution is 5.91. The van der Waals surface area contributed by atoms with Crippen molar-refractivity contribution in [3.63, 3.8) is 0 Å². The molecule has 0 bridgehead atoms. The third-order valence-electron chi connectivity index (χ3n) is 4.03. The normalized spacial score (nSPS) is 12.3. The predicted molar refractivity (Wildman–Crippen MR) is 111 cm³/mol. The zero-order valence-corrected chi connectivity index (χ0v) is 18.8. The minimum absolute atomic E-state index is 0.141. The first-order valence-corrected chi connectivity index (χ1v) is 9.81. The van der Waals surface area contributed by atoms with E-state index in [0.717, 1.165) is 12.3 Å². The zero-order valence-electron chi connectivity index (χ0n) is 18.8. The Morgan fingerprint density at radius 1 is 0.969 bits per heavy atom. The lowest BCUT2D eigenvalue weighted by atomic mass is 9.86. The Morgan fingerprint density at radius 3 is 2.12 bits per heavy atom. The summed E-state index contributed by atoms with van der Waals surface area (Å²) < 4.78 is 54.2. The summed E-state index contributed by atoms with van der Waals surface area (Å²) in [5.41, 5.74) is -1.67. The fourth-order valence-electron chi connectivity index (χ4n) is 2.65. The maximum Gasteiger partial charge on any atom is 0.433 e. The summed E-state index contributed by atoms with van der Waals surface area (Å²) in [6.07, 6.45) is -3.80. The topological polar surface area (TPSA) is 74.7 Å². The molecule has 0 fully saturated rings. The van der Waals surface area contributed by atoms with Gasteiger partial charge in [0.15, 0.2) is 6.61 Å². The van der Waals surface area contributed by atoms with Gasteiger partial charge in [0.05, 0.1) is 5.56 Å². The highest BCUT2D eigenvalue weighted by atomic mass is 19.4. The number of carbonyl (C=O) groups is 2. The number of halogens is 3. The molecule has 0 saturated carbocycles. The van der Waals surface area contributed by atoms with Gasteiger partial charge in [-0.1, -0.05) is 26.8 Å². The molecule has 0 saturated heterocycles. The van der Waals surface area contributed by atoms with Crippen LogP contribution in [0.3, 0.4) is 0 Å². The summed E-state index contributed by atoms with van der Waals surface area (Å²) in [4.78, 5) is 27.7. The van der Waals surface area contributed by atoms with Gasteiger partial charge < -0.3 is 14.2 Å². The van der Waals surface area contributed by atoms with Gasteiger partial charge in [-0.05, 0) is 44.4 Å². The monoisotopic (exact) mass is 453 g/mol. The molecule has 2 aromatic rings. The lowest BCUT2D eigenvalue weighted by Gasteiger charge is -2.23. The largest absolute Gasteiger partial charge is 0.482 e. The number of esters is 2. The third-order valence-corrected chi connectivity index (χ3v) is 4.03. The molecule has 32 heavy (non-hydrogen) atoms. The third kappa shape index (κ3) is 7.25. The quantitative estimate of drug-likeness (QED) is 0.450. The number of alkyl halides is 3. The van der Waals surface area contributed by atoms with Crippen molar-refractivity contribution in [3.05, 3.63) is 53.3 Å². The molecule has 0 N–H and O–H groups in total. The molecule has 2 rings (SSSR count). The Labute approximate surface area is 184 Å². The summed E-state index contributed by atoms with van der Waals surface area (Å²) in [6, 6.07) is 6.47. The summed E-state index contributed by atoms with van der Waals surface area (Å²) in [5.74, 6) is -1.02. The van der Waals surface area contributed by atoms with Crippen LogP contribution in [0.5, 0.6) is 11.5 Å². The molecule has 0 aliphatic heterocycles. The Kier molecular flexibility index (Phi) is 7.22. The van der Waals surface area contributed by atoms with Crippen LogP contribution < -0.4 is 9.47 Å². The van der Waals surface area contributed by atoms with Crippen molar-refractivity contribution in [3.8, 4) is 11.5 Å². The molecule has 0 unspecified atom stereocenters. The minimum atomic E-state index is -4.61. The van der Waals surface area contributed by atoms with E-state index in [1.54, 1.807) is 32.9 Å². The molecule has 0 spiro atoms. The number of carbonyl (C=O) groups excluding carboxylic acids is 2. The van der Waals surface area contributed by atoms with Crippen LogP contribution in [0.2, 0.25) is 0 Å². The van der Waals surface area contributed by atoms with Gasteiger partial charge in [0.25, 0.3) is 0 Å². The number of nitrogens with zero attached hydrogens (tertiary/aromatic N) is 1. The fraction of sp³-hybridized carbons (Fsp3) is 0.435. The molecule has 1 heterocycles. The van der Waals surface area contributed by atoms with Crippen LogP contribution in [-0.4, -0.2) is 29.1 Å². The molecule has 0 atom stereocenters. The van der Waals surface area contributed by atoms with E-state index in [4.69, 9.17) is 14.2 Å². The van der Waals surface area contributed by atoms with E-state index in [-0.39, 0.29) is 23.7 Å². The maximum absolute atomic E-state index is 12.7. The molecule has 1 aromatic heterocycles. The lowest BCUT2D eigenvalue weighted by molar-refractivity contribution is -0.157. The minimum Gasteiger partial charge on any atom is -0.482 e. The van der Waals surface area contributed by atoms with Crippen molar-refractivity contribution in [2.75, 3.05) is 6.61 Å². The summed E-state index contributed by atoms with van der Waals surface area (Å²) in [6.45, 7) is 10.6. The average Bonchev–Trinajstić information content (AvgIpc) is 2.63. The molecule has 6 nitrogen and oxygen atoms in total. The Morgan fingerprint density at radius 2 is 1.62 bits per heavy atom. The van der Waals surface area contributed by atoms with E-state index >= 15 is 0 Å². The molecular weight excluding hydrogens is 427 g/mol. The molecule has 9 heteroatoms. The van der Waals surface area contributed by atoms with E-state index in [1.165, 1.54) is 6.07 Å². The summed E-state index contributed by atoms with van der Waals surface area (Å²) in [5, 5.41) is 0. The fourth-order valence-corrected chi connectivity index (χ4v) is 2.65. The molecular formula is C23H26F3NO5. The van der Waals surface area contributed by atoms with E-state index in [1.807, 2.05) is 20.8 Å². The molecule has 0 amide bonds. The molecule has 174 valence electrons. The Hall–Kier alpha value is -3.10. The molecule has 1 aromatic carbocycles. The Bertz CT molecular complexity index is 971. The van der Waals surface area contributed by atoms with Crippen LogP contribution in [-0.2, 0) is 21.1 Å². The number of rotatable bonds is 5. The number of ether oxygens (including phenoxy) is 3. The zero-order chi connectivity index (χ0) is 24.3. The second-order valence-electron chi connectivity index (χ2n) is 9.10. The number of pyridine rings is 1. The van der Waals surface area contributed by atoms with Crippen molar-refractivity contribution in [1.29, 1.82) is 0 Å². The molecule has 0 aliphatic rings. The lowest BCUT2D eigenvalue weighted by Crippen LogP contribution is -2.27. The van der Waals surface area contributed by atoms with Gasteiger partial charge in [0, 0.05) is 17.8 Å². The van der Waals surface area contributed by atoms with Gasteiger partial charge >= 0.3 is 18.1 Å². The number of hydrogen-bond donors (Lipinski definition) is 0. The first kappa shape index (κ1) is 25.2. The first-order valence-electron chi connectivity index (χ1n) is 9.81. The van der Waals surface area contributed by atoms with Crippen molar-refractivity contribution < 1.29 is 37.0 Å². The number of aromatic nitrogens is 1. The van der Waals surface area contributed by atoms with Crippen molar-refractivity contribution in [2.45, 2.75) is 58.7 Å². The smallest absolute Gasteiger partial charge is 0.433 e. The van der Waals surface area contributed by atoms with Gasteiger partial charge in [0.1, 0.15) is 22.8 Å². The van der Waals surface area contributed by atoms with Crippen molar-refractivity contribution in [2.24, 2.45) is 0 Å². The molecule has 0 radical (unpaired) electrons. The van der Waals surface area contributed by atoms with E-state index in [9.17, 15) is 22.8 Å². The van der Waals surface area contributed by atoms with Crippen molar-refractivity contribution in [1.82, 2.24) is 4.98 Å². The second-order valence-corrected chi connectivity index (χ2v) is 9.10. The SMILES string of the molecule is CC(C)(C)OC(=O)COc1ccc(C(C)(C)C)c(OC(=O)c2ccc(C(F)(F)F)nc2)c1. The van der Waals surface area contributed by atoms with Crippen LogP contribution in [0.25, 0.3) is 0 Å². The second kappa shape index (κ2) is 9.18. The van der Waals surface area contributed by atoms with Gasteiger partial charge in [-0.2, -0.15) is 13.2 Å². The Balaban J connectivity index is 2.23. The van der Waals surface area contributed by atoms with Crippen molar-refractivity contribution >= 4 is 11.9 Å². The summed E-state index contributed by atoms with van der Waals surface area (Å²) >= 11 is 0. The highest BCUT2D eigenvalue weighted by Gasteiger charge is 2.32.